The molecular formula is C12H18N2O3S. The summed E-state index contributed by atoms with van der Waals surface area (Å²) in [5.74, 6) is -1.02. The minimum Gasteiger partial charge on any atom is -0.478 e. The highest BCUT2D eigenvalue weighted by Gasteiger charge is 2.17. The van der Waals surface area contributed by atoms with E-state index in [4.69, 9.17) is 5.11 Å². The van der Waals surface area contributed by atoms with Crippen molar-refractivity contribution >= 4 is 28.3 Å². The lowest BCUT2D eigenvalue weighted by molar-refractivity contribution is 0.0698. The Labute approximate surface area is 110 Å². The number of nitrogens with one attached hydrogen (secondary N) is 1. The van der Waals surface area contributed by atoms with Crippen LogP contribution in [0.4, 0.5) is 9.80 Å². The van der Waals surface area contributed by atoms with Crippen LogP contribution in [0.3, 0.4) is 0 Å². The van der Waals surface area contributed by atoms with Gasteiger partial charge in [-0.1, -0.05) is 13.8 Å². The van der Waals surface area contributed by atoms with E-state index in [0.29, 0.717) is 18.1 Å². The maximum absolute atomic E-state index is 12.0. The van der Waals surface area contributed by atoms with Crippen LogP contribution in [-0.4, -0.2) is 35.1 Å². The van der Waals surface area contributed by atoms with Gasteiger partial charge in [0.1, 0.15) is 5.00 Å². The van der Waals surface area contributed by atoms with Crippen molar-refractivity contribution in [1.82, 2.24) is 4.90 Å². The normalized spacial score (nSPS) is 10.1. The van der Waals surface area contributed by atoms with Crippen molar-refractivity contribution in [2.45, 2.75) is 26.7 Å². The number of nitrogens with zero attached hydrogens (tertiary/aromatic N) is 1. The molecule has 0 saturated heterocycles. The molecule has 0 spiro atoms. The van der Waals surface area contributed by atoms with Crippen molar-refractivity contribution in [3.63, 3.8) is 0 Å². The fourth-order valence-electron chi connectivity index (χ4n) is 1.61. The van der Waals surface area contributed by atoms with Crippen LogP contribution in [0.25, 0.3) is 0 Å². The van der Waals surface area contributed by atoms with Crippen LogP contribution in [0.2, 0.25) is 0 Å². The molecule has 5 nitrogen and oxygen atoms in total. The van der Waals surface area contributed by atoms with Gasteiger partial charge in [0.25, 0.3) is 0 Å². The van der Waals surface area contributed by atoms with E-state index in [1.165, 1.54) is 17.4 Å². The summed E-state index contributed by atoms with van der Waals surface area (Å²) < 4.78 is 0. The number of carbonyl (C=O) groups is 2. The number of urea groups is 1. The quantitative estimate of drug-likeness (QED) is 0.834. The molecule has 0 atom stereocenters. The maximum atomic E-state index is 12.0. The van der Waals surface area contributed by atoms with E-state index in [2.05, 4.69) is 5.32 Å². The minimum absolute atomic E-state index is 0.140. The van der Waals surface area contributed by atoms with Crippen molar-refractivity contribution < 1.29 is 14.7 Å². The second kappa shape index (κ2) is 7.00. The molecule has 2 amide bonds. The summed E-state index contributed by atoms with van der Waals surface area (Å²) in [7, 11) is 0. The largest absolute Gasteiger partial charge is 0.478 e. The molecule has 0 aliphatic carbocycles. The van der Waals surface area contributed by atoms with E-state index in [0.717, 1.165) is 12.8 Å². The zero-order valence-electron chi connectivity index (χ0n) is 10.6. The SMILES string of the molecule is CCCN(CCC)C(=O)Nc1sccc1C(=O)O. The molecule has 0 radical (unpaired) electrons. The molecule has 1 aromatic heterocycles. The van der Waals surface area contributed by atoms with Crippen LogP contribution in [0.1, 0.15) is 37.0 Å². The number of hydrogen-bond acceptors (Lipinski definition) is 3. The van der Waals surface area contributed by atoms with Gasteiger partial charge in [-0.3, -0.25) is 5.32 Å². The van der Waals surface area contributed by atoms with Crippen LogP contribution in [0.15, 0.2) is 11.4 Å². The van der Waals surface area contributed by atoms with Crippen LogP contribution < -0.4 is 5.32 Å². The second-order valence-electron chi connectivity index (χ2n) is 3.89. The number of carbonyl (C=O) groups excluding carboxylic acids is 1. The van der Waals surface area contributed by atoms with E-state index >= 15 is 0 Å². The second-order valence-corrected chi connectivity index (χ2v) is 4.80. The number of thiophene rings is 1. The van der Waals surface area contributed by atoms with Gasteiger partial charge in [0.15, 0.2) is 0 Å². The number of aromatic carboxylic acids is 1. The number of anilines is 1. The summed E-state index contributed by atoms with van der Waals surface area (Å²) in [6.07, 6.45) is 1.76. The molecule has 1 heterocycles. The fraction of sp³-hybridized carbons (Fsp3) is 0.500. The summed E-state index contributed by atoms with van der Waals surface area (Å²) in [4.78, 5) is 24.6. The van der Waals surface area contributed by atoms with Gasteiger partial charge in [-0.05, 0) is 24.3 Å². The van der Waals surface area contributed by atoms with E-state index in [1.54, 1.807) is 10.3 Å². The zero-order valence-corrected chi connectivity index (χ0v) is 11.4. The summed E-state index contributed by atoms with van der Waals surface area (Å²) in [5, 5.41) is 13.7. The van der Waals surface area contributed by atoms with Gasteiger partial charge in [0, 0.05) is 13.1 Å². The third-order valence-electron chi connectivity index (χ3n) is 2.39. The van der Waals surface area contributed by atoms with Crippen LogP contribution in [0.5, 0.6) is 0 Å². The van der Waals surface area contributed by atoms with Gasteiger partial charge in [-0.15, -0.1) is 11.3 Å². The first-order valence-electron chi connectivity index (χ1n) is 5.96. The molecule has 0 unspecified atom stereocenters. The highest BCUT2D eigenvalue weighted by molar-refractivity contribution is 7.14. The summed E-state index contributed by atoms with van der Waals surface area (Å²) in [6.45, 7) is 5.36. The molecule has 18 heavy (non-hydrogen) atoms. The molecule has 0 saturated carbocycles. The molecule has 1 rings (SSSR count). The Balaban J connectivity index is 2.72. The highest BCUT2D eigenvalue weighted by Crippen LogP contribution is 2.23. The molecule has 2 N–H and O–H groups in total. The van der Waals surface area contributed by atoms with Gasteiger partial charge >= 0.3 is 12.0 Å². The lowest BCUT2D eigenvalue weighted by Crippen LogP contribution is -2.36. The van der Waals surface area contributed by atoms with E-state index < -0.39 is 5.97 Å². The summed E-state index contributed by atoms with van der Waals surface area (Å²) in [5.41, 5.74) is 0.140. The lowest BCUT2D eigenvalue weighted by atomic mass is 10.3. The van der Waals surface area contributed by atoms with Crippen molar-refractivity contribution in [3.05, 3.63) is 17.0 Å². The Morgan fingerprint density at radius 3 is 2.44 bits per heavy atom. The average molecular weight is 270 g/mol. The molecule has 0 bridgehead atoms. The molecule has 0 aliphatic heterocycles. The number of carboxylic acids is 1. The number of hydrogen-bond donors (Lipinski definition) is 2. The number of carboxylic acid groups (broad SMARTS) is 1. The lowest BCUT2D eigenvalue weighted by Gasteiger charge is -2.21. The smallest absolute Gasteiger partial charge is 0.338 e. The van der Waals surface area contributed by atoms with Crippen LogP contribution in [-0.2, 0) is 0 Å². The molecule has 0 fully saturated rings. The van der Waals surface area contributed by atoms with E-state index in [9.17, 15) is 9.59 Å². The number of rotatable bonds is 6. The van der Waals surface area contributed by atoms with E-state index in [1.807, 2.05) is 13.8 Å². The van der Waals surface area contributed by atoms with Crippen molar-refractivity contribution in [3.8, 4) is 0 Å². The van der Waals surface area contributed by atoms with Crippen LogP contribution >= 0.6 is 11.3 Å². The molecule has 0 aromatic carbocycles. The minimum atomic E-state index is -1.02. The Bertz CT molecular complexity index is 411. The Hall–Kier alpha value is -1.56. The topological polar surface area (TPSA) is 69.6 Å². The first kappa shape index (κ1) is 14.5. The van der Waals surface area contributed by atoms with E-state index in [-0.39, 0.29) is 11.6 Å². The van der Waals surface area contributed by atoms with Crippen LogP contribution in [0, 0.1) is 0 Å². The monoisotopic (exact) mass is 270 g/mol. The first-order chi connectivity index (χ1) is 8.60. The molecule has 6 heteroatoms. The van der Waals surface area contributed by atoms with Crippen molar-refractivity contribution in [2.24, 2.45) is 0 Å². The first-order valence-corrected chi connectivity index (χ1v) is 6.84. The fourth-order valence-corrected chi connectivity index (χ4v) is 2.37. The van der Waals surface area contributed by atoms with Gasteiger partial charge in [-0.25, -0.2) is 9.59 Å². The third kappa shape index (κ3) is 3.73. The molecule has 1 aromatic rings. The van der Waals surface area contributed by atoms with Crippen molar-refractivity contribution in [1.29, 1.82) is 0 Å². The van der Waals surface area contributed by atoms with Gasteiger partial charge in [-0.2, -0.15) is 0 Å². The summed E-state index contributed by atoms with van der Waals surface area (Å²) >= 11 is 1.22. The third-order valence-corrected chi connectivity index (χ3v) is 3.22. The van der Waals surface area contributed by atoms with Gasteiger partial charge < -0.3 is 10.0 Å². The molecular weight excluding hydrogens is 252 g/mol. The Morgan fingerprint density at radius 1 is 1.33 bits per heavy atom. The van der Waals surface area contributed by atoms with Crippen molar-refractivity contribution in [2.75, 3.05) is 18.4 Å². The molecule has 100 valence electrons. The van der Waals surface area contributed by atoms with Gasteiger partial charge in [0.05, 0.1) is 5.56 Å². The molecule has 0 aliphatic rings. The Kier molecular flexibility index (Phi) is 5.64. The predicted octanol–water partition coefficient (Wildman–Crippen LogP) is 3.10. The van der Waals surface area contributed by atoms with Gasteiger partial charge in [0.2, 0.25) is 0 Å². The standard InChI is InChI=1S/C12H18N2O3S/c1-3-6-14(7-4-2)12(17)13-10-9(11(15)16)5-8-18-10/h5,8H,3-4,6-7H2,1-2H3,(H,13,17)(H,15,16). The predicted molar refractivity (Wildman–Crippen MR) is 72.5 cm³/mol. The Morgan fingerprint density at radius 2 is 1.94 bits per heavy atom. The average Bonchev–Trinajstić information content (AvgIpc) is 2.77. The maximum Gasteiger partial charge on any atom is 0.338 e. The highest BCUT2D eigenvalue weighted by atomic mass is 32.1. The summed E-state index contributed by atoms with van der Waals surface area (Å²) in [6, 6.07) is 1.26. The number of amides is 2. The zero-order chi connectivity index (χ0) is 13.5.